The van der Waals surface area contributed by atoms with Crippen LogP contribution in [-0.4, -0.2) is 206 Å². The van der Waals surface area contributed by atoms with Crippen molar-refractivity contribution in [3.8, 4) is 23.0 Å². The molecular formula is C41H58N12O10. The van der Waals surface area contributed by atoms with Gasteiger partial charge < -0.3 is 35.4 Å². The number of aliphatic hydroxyl groups excluding tert-OH is 1. The van der Waals surface area contributed by atoms with Gasteiger partial charge in [0.25, 0.3) is 0 Å². The standard InChI is InChI=1S/C41H58N12O10/c1-31(54)27-50-14-18-52(29-38(58)59)20-16-51(17-21-53(19-15-50)30-39(60)61)28-37(57)43-13-23-63-25-24-62-22-5-7-33(55)6-4-9-36(56)45-32-10-11-35(44-26-32)41-48-46-40(47-49-41)34-8-2-3-12-42-34/h2-3,8,10-12,26,54H,1,4-7,9,13-25,27-30H2,(H,43,57)(H,45,56)(H,58,59)(H,60,61). The average Bonchev–Trinajstić information content (AvgIpc) is 3.25. The Balaban J connectivity index is 1.03. The summed E-state index contributed by atoms with van der Waals surface area (Å²) in [5.74, 6) is -1.90. The Morgan fingerprint density at radius 2 is 1.14 bits per heavy atom. The van der Waals surface area contributed by atoms with Gasteiger partial charge in [0, 0.05) is 91.0 Å². The molecule has 0 aromatic carbocycles. The van der Waals surface area contributed by atoms with Gasteiger partial charge >= 0.3 is 11.9 Å². The summed E-state index contributed by atoms with van der Waals surface area (Å²) in [6, 6.07) is 8.67. The van der Waals surface area contributed by atoms with Crippen molar-refractivity contribution in [1.29, 1.82) is 0 Å². The van der Waals surface area contributed by atoms with E-state index >= 15 is 0 Å². The molecule has 0 atom stereocenters. The average molecular weight is 879 g/mol. The van der Waals surface area contributed by atoms with E-state index in [1.165, 1.54) is 6.20 Å². The van der Waals surface area contributed by atoms with Crippen LogP contribution in [0.3, 0.4) is 0 Å². The number of Topliss-reactive ketones (excluding diaryl/α,β-unsaturated/α-hetero) is 1. The predicted octanol–water partition coefficient (Wildman–Crippen LogP) is 0.461. The molecular weight excluding hydrogens is 821 g/mol. The molecule has 22 heteroatoms. The fraction of sp³-hybridized carbons (Fsp3) is 0.537. The molecule has 342 valence electrons. The molecule has 0 aliphatic carbocycles. The second kappa shape index (κ2) is 27.9. The van der Waals surface area contributed by atoms with E-state index in [1.807, 2.05) is 15.9 Å². The Kier molecular flexibility index (Phi) is 22.0. The highest BCUT2D eigenvalue weighted by Crippen LogP contribution is 2.16. The number of carboxylic acids is 2. The first kappa shape index (κ1) is 49.7. The molecule has 0 spiro atoms. The number of nitrogens with zero attached hydrogens (tertiary/aromatic N) is 10. The molecule has 0 bridgehead atoms. The second-order valence-electron chi connectivity index (χ2n) is 14.8. The largest absolute Gasteiger partial charge is 0.512 e. The third-order valence-electron chi connectivity index (χ3n) is 9.61. The number of aliphatic hydroxyl groups is 1. The Morgan fingerprint density at radius 1 is 0.603 bits per heavy atom. The smallest absolute Gasteiger partial charge is 0.317 e. The van der Waals surface area contributed by atoms with Crippen LogP contribution in [0.5, 0.6) is 0 Å². The summed E-state index contributed by atoms with van der Waals surface area (Å²) in [5.41, 5.74) is 1.48. The first-order valence-electron chi connectivity index (χ1n) is 20.8. The van der Waals surface area contributed by atoms with Gasteiger partial charge in [0.2, 0.25) is 23.5 Å². The first-order valence-corrected chi connectivity index (χ1v) is 20.8. The molecule has 4 rings (SSSR count). The monoisotopic (exact) mass is 878 g/mol. The molecule has 1 fully saturated rings. The highest BCUT2D eigenvalue weighted by Gasteiger charge is 2.21. The van der Waals surface area contributed by atoms with Crippen LogP contribution in [0.15, 0.2) is 55.1 Å². The maximum absolute atomic E-state index is 12.8. The molecule has 5 N–H and O–H groups in total. The fourth-order valence-corrected chi connectivity index (χ4v) is 6.39. The van der Waals surface area contributed by atoms with E-state index in [1.54, 1.807) is 40.3 Å². The van der Waals surface area contributed by atoms with E-state index in [0.29, 0.717) is 114 Å². The zero-order valence-corrected chi connectivity index (χ0v) is 35.5. The minimum atomic E-state index is -0.975. The van der Waals surface area contributed by atoms with Crippen LogP contribution in [0.4, 0.5) is 5.69 Å². The summed E-state index contributed by atoms with van der Waals surface area (Å²) in [7, 11) is 0. The van der Waals surface area contributed by atoms with Crippen molar-refractivity contribution in [3.63, 3.8) is 0 Å². The molecule has 1 aliphatic heterocycles. The molecule has 3 aromatic heterocycles. The summed E-state index contributed by atoms with van der Waals surface area (Å²) in [5, 5.41) is 50.5. The number of hydrogen-bond donors (Lipinski definition) is 5. The Hall–Kier alpha value is -5.91. The third kappa shape index (κ3) is 20.7. The van der Waals surface area contributed by atoms with Crippen LogP contribution >= 0.6 is 0 Å². The second-order valence-corrected chi connectivity index (χ2v) is 14.8. The molecule has 0 saturated carbocycles. The van der Waals surface area contributed by atoms with Crippen LogP contribution < -0.4 is 10.6 Å². The van der Waals surface area contributed by atoms with E-state index < -0.39 is 11.9 Å². The van der Waals surface area contributed by atoms with Crippen molar-refractivity contribution < 1.29 is 48.8 Å². The third-order valence-corrected chi connectivity index (χ3v) is 9.61. The quantitative estimate of drug-likeness (QED) is 0.0571. The van der Waals surface area contributed by atoms with Crippen LogP contribution in [0, 0.1) is 0 Å². The van der Waals surface area contributed by atoms with Crippen molar-refractivity contribution >= 4 is 35.2 Å². The van der Waals surface area contributed by atoms with Gasteiger partial charge in [-0.2, -0.15) is 0 Å². The molecule has 1 aliphatic rings. The lowest BCUT2D eigenvalue weighted by Crippen LogP contribution is -2.49. The van der Waals surface area contributed by atoms with Gasteiger partial charge in [-0.3, -0.25) is 53.5 Å². The number of pyridine rings is 2. The van der Waals surface area contributed by atoms with Crippen LogP contribution in [-0.2, 0) is 33.4 Å². The van der Waals surface area contributed by atoms with Crippen LogP contribution in [0.2, 0.25) is 0 Å². The maximum Gasteiger partial charge on any atom is 0.317 e. The van der Waals surface area contributed by atoms with Gasteiger partial charge in [-0.25, -0.2) is 0 Å². The van der Waals surface area contributed by atoms with Gasteiger partial charge in [0.05, 0.1) is 63.6 Å². The molecule has 0 unspecified atom stereocenters. The SMILES string of the molecule is C=C(O)CN1CCN(CC(=O)O)CCN(CC(=O)NCCOCCOCCCC(=O)CCCC(=O)Nc2ccc(-c3nnc(-c4ccccn4)nn3)nc2)CCN(CC(=O)O)CC1. The lowest BCUT2D eigenvalue weighted by Gasteiger charge is -2.33. The molecule has 0 radical (unpaired) electrons. The first-order chi connectivity index (χ1) is 30.4. The molecule has 2 amide bonds. The van der Waals surface area contributed by atoms with Crippen molar-refractivity contribution in [3.05, 3.63) is 55.1 Å². The van der Waals surface area contributed by atoms with Crippen molar-refractivity contribution in [2.75, 3.05) is 117 Å². The Bertz CT molecular complexity index is 1860. The maximum atomic E-state index is 12.8. The summed E-state index contributed by atoms with van der Waals surface area (Å²) < 4.78 is 11.1. The number of ketones is 1. The van der Waals surface area contributed by atoms with Crippen molar-refractivity contribution in [1.82, 2.24) is 55.3 Å². The summed E-state index contributed by atoms with van der Waals surface area (Å²) in [4.78, 5) is 76.5. The summed E-state index contributed by atoms with van der Waals surface area (Å²) in [6.45, 7) is 8.14. The zero-order valence-electron chi connectivity index (χ0n) is 35.5. The highest BCUT2D eigenvalue weighted by atomic mass is 16.5. The van der Waals surface area contributed by atoms with Crippen molar-refractivity contribution in [2.45, 2.75) is 32.1 Å². The van der Waals surface area contributed by atoms with E-state index in [-0.39, 0.29) is 81.4 Å². The topological polar surface area (TPSA) is 279 Å². The molecule has 3 aromatic rings. The lowest BCUT2D eigenvalue weighted by molar-refractivity contribution is -0.139. The molecule has 63 heavy (non-hydrogen) atoms. The van der Waals surface area contributed by atoms with E-state index in [4.69, 9.17) is 9.47 Å². The minimum Gasteiger partial charge on any atom is -0.512 e. The normalized spacial score (nSPS) is 14.9. The number of carbonyl (C=O) groups is 5. The molecule has 4 heterocycles. The van der Waals surface area contributed by atoms with E-state index in [9.17, 15) is 39.3 Å². The molecule has 1 saturated heterocycles. The number of rotatable bonds is 25. The zero-order chi connectivity index (χ0) is 45.2. The van der Waals surface area contributed by atoms with Crippen LogP contribution in [0.1, 0.15) is 32.1 Å². The van der Waals surface area contributed by atoms with Gasteiger partial charge in [-0.15, -0.1) is 20.4 Å². The van der Waals surface area contributed by atoms with Gasteiger partial charge in [0.15, 0.2) is 0 Å². The summed E-state index contributed by atoms with van der Waals surface area (Å²) in [6.07, 6.45) is 4.84. The van der Waals surface area contributed by atoms with Gasteiger partial charge in [0.1, 0.15) is 17.2 Å². The van der Waals surface area contributed by atoms with Crippen molar-refractivity contribution in [2.24, 2.45) is 0 Å². The van der Waals surface area contributed by atoms with Crippen LogP contribution in [0.25, 0.3) is 23.0 Å². The number of amides is 2. The summed E-state index contributed by atoms with van der Waals surface area (Å²) >= 11 is 0. The number of aromatic nitrogens is 6. The number of ether oxygens (including phenoxy) is 2. The fourth-order valence-electron chi connectivity index (χ4n) is 6.39. The van der Waals surface area contributed by atoms with Gasteiger partial charge in [-0.05, 0) is 37.1 Å². The number of carbonyl (C=O) groups excluding carboxylic acids is 3. The molecule has 22 nitrogen and oxygen atoms in total. The number of nitrogens with one attached hydrogen (secondary N) is 2. The van der Waals surface area contributed by atoms with E-state index in [2.05, 4.69) is 47.6 Å². The lowest BCUT2D eigenvalue weighted by atomic mass is 10.1. The van der Waals surface area contributed by atoms with Gasteiger partial charge in [-0.1, -0.05) is 12.6 Å². The Labute approximate surface area is 365 Å². The highest BCUT2D eigenvalue weighted by molar-refractivity contribution is 5.91. The number of carboxylic acid groups (broad SMARTS) is 2. The number of anilines is 1. The van der Waals surface area contributed by atoms with E-state index in [0.717, 1.165) is 0 Å². The Morgan fingerprint density at radius 3 is 1.67 bits per heavy atom. The number of aliphatic carboxylic acids is 2. The predicted molar refractivity (Wildman–Crippen MR) is 228 cm³/mol. The minimum absolute atomic E-state index is 0.0313. The number of hydrogen-bond acceptors (Lipinski definition) is 18.